The lowest BCUT2D eigenvalue weighted by Crippen LogP contribution is -2.47. The molecule has 3 heterocycles. The van der Waals surface area contributed by atoms with Crippen LogP contribution in [0.5, 0.6) is 5.75 Å². The zero-order valence-corrected chi connectivity index (χ0v) is 21.6. The molecule has 204 valence electrons. The maximum Gasteiger partial charge on any atom is 0.433 e. The number of fused-ring (bicyclic) bond motifs is 1. The van der Waals surface area contributed by atoms with Crippen molar-refractivity contribution in [3.05, 3.63) is 41.4 Å². The number of pyridine rings is 1. The molecule has 0 spiro atoms. The highest BCUT2D eigenvalue weighted by Gasteiger charge is 2.34. The number of methoxy groups -OCH3 is 1. The molecule has 2 amide bonds. The van der Waals surface area contributed by atoms with E-state index in [1.807, 2.05) is 13.8 Å². The number of oxazole rings is 1. The second-order valence-electron chi connectivity index (χ2n) is 9.66. The van der Waals surface area contributed by atoms with Crippen LogP contribution in [-0.4, -0.2) is 52.9 Å². The predicted molar refractivity (Wildman–Crippen MR) is 133 cm³/mol. The molecule has 1 aliphatic rings. The van der Waals surface area contributed by atoms with Gasteiger partial charge in [-0.1, -0.05) is 13.8 Å². The summed E-state index contributed by atoms with van der Waals surface area (Å²) in [6, 6.07) is 4.51. The summed E-state index contributed by atoms with van der Waals surface area (Å²) in [7, 11) is 1.34. The Morgan fingerprint density at radius 2 is 1.82 bits per heavy atom. The van der Waals surface area contributed by atoms with E-state index in [9.17, 15) is 22.8 Å². The number of halogens is 3. The Kier molecular flexibility index (Phi) is 7.63. The number of amides is 2. The molecule has 3 aromatic rings. The molecule has 3 N–H and O–H groups in total. The number of ether oxygens (including phenoxy) is 1. The number of nitrogens with zero attached hydrogens (tertiary/aromatic N) is 3. The number of carbonyl (C=O) groups excluding carboxylic acids is 2. The molecule has 0 aliphatic carbocycles. The van der Waals surface area contributed by atoms with Crippen LogP contribution >= 0.6 is 0 Å². The fourth-order valence-electron chi connectivity index (χ4n) is 4.35. The van der Waals surface area contributed by atoms with E-state index in [4.69, 9.17) is 14.9 Å². The van der Waals surface area contributed by atoms with E-state index in [1.165, 1.54) is 19.2 Å². The van der Waals surface area contributed by atoms with Crippen molar-refractivity contribution in [2.24, 2.45) is 11.7 Å². The van der Waals surface area contributed by atoms with Crippen molar-refractivity contribution in [3.8, 4) is 17.2 Å². The third-order valence-electron chi connectivity index (χ3n) is 6.48. The fraction of sp³-hybridized carbons (Fsp3) is 0.462. The zero-order valence-electron chi connectivity index (χ0n) is 21.6. The molecule has 1 aromatic carbocycles. The molecule has 0 unspecified atom stereocenters. The average molecular weight is 534 g/mol. The molecule has 12 heteroatoms. The topological polar surface area (TPSA) is 124 Å². The van der Waals surface area contributed by atoms with E-state index in [-0.39, 0.29) is 52.4 Å². The van der Waals surface area contributed by atoms with E-state index >= 15 is 0 Å². The SMILES string of the molecule is COc1ccc(-c2nc(C(=O)N3CCC(NC(=O)C(C)C)CC3)c([C@H](C)N)o2)c2ccc(C(F)(F)F)nc12. The maximum absolute atomic E-state index is 13.4. The molecule has 1 atom stereocenters. The molecular formula is C26H30F3N5O4. The molecule has 1 saturated heterocycles. The molecule has 0 radical (unpaired) electrons. The van der Waals surface area contributed by atoms with Crippen LogP contribution in [0.15, 0.2) is 28.7 Å². The number of alkyl halides is 3. The summed E-state index contributed by atoms with van der Waals surface area (Å²) in [5, 5.41) is 3.31. The normalized spacial score (nSPS) is 15.7. The van der Waals surface area contributed by atoms with Gasteiger partial charge in [-0.2, -0.15) is 13.2 Å². The van der Waals surface area contributed by atoms with E-state index in [0.29, 0.717) is 36.9 Å². The fourth-order valence-corrected chi connectivity index (χ4v) is 4.35. The number of likely N-dealkylation sites (tertiary alicyclic amines) is 1. The first-order valence-electron chi connectivity index (χ1n) is 12.3. The first-order valence-corrected chi connectivity index (χ1v) is 12.3. The third kappa shape index (κ3) is 5.45. The van der Waals surface area contributed by atoms with E-state index < -0.39 is 17.9 Å². The van der Waals surface area contributed by atoms with Crippen molar-refractivity contribution in [1.82, 2.24) is 20.2 Å². The minimum atomic E-state index is -4.63. The summed E-state index contributed by atoms with van der Waals surface area (Å²) in [4.78, 5) is 35.3. The van der Waals surface area contributed by atoms with Crippen LogP contribution in [-0.2, 0) is 11.0 Å². The zero-order chi connectivity index (χ0) is 27.8. The lowest BCUT2D eigenvalue weighted by Gasteiger charge is -2.32. The van der Waals surface area contributed by atoms with Gasteiger partial charge in [0.05, 0.1) is 13.2 Å². The molecule has 1 aliphatic heterocycles. The Morgan fingerprint density at radius 3 is 2.39 bits per heavy atom. The maximum atomic E-state index is 13.4. The molecule has 0 bridgehead atoms. The van der Waals surface area contributed by atoms with E-state index in [1.54, 1.807) is 17.9 Å². The van der Waals surface area contributed by atoms with E-state index in [0.717, 1.165) is 6.07 Å². The second kappa shape index (κ2) is 10.6. The smallest absolute Gasteiger partial charge is 0.433 e. The quantitative estimate of drug-likeness (QED) is 0.484. The number of aromatic nitrogens is 2. The van der Waals surface area contributed by atoms with Crippen LogP contribution in [0.4, 0.5) is 13.2 Å². The first kappa shape index (κ1) is 27.4. The van der Waals surface area contributed by atoms with Crippen LogP contribution in [0, 0.1) is 5.92 Å². The van der Waals surface area contributed by atoms with Gasteiger partial charge in [-0.3, -0.25) is 9.59 Å². The number of hydrogen-bond donors (Lipinski definition) is 2. The van der Waals surface area contributed by atoms with Gasteiger partial charge < -0.3 is 25.1 Å². The lowest BCUT2D eigenvalue weighted by molar-refractivity contribution is -0.141. The highest BCUT2D eigenvalue weighted by atomic mass is 19.4. The van der Waals surface area contributed by atoms with Crippen molar-refractivity contribution in [3.63, 3.8) is 0 Å². The monoisotopic (exact) mass is 533 g/mol. The van der Waals surface area contributed by atoms with Crippen LogP contribution in [0.3, 0.4) is 0 Å². The summed E-state index contributed by atoms with van der Waals surface area (Å²) in [5.41, 5.74) is 5.41. The van der Waals surface area contributed by atoms with Crippen LogP contribution in [0.1, 0.15) is 61.6 Å². The van der Waals surface area contributed by atoms with Gasteiger partial charge in [0.1, 0.15) is 17.0 Å². The van der Waals surface area contributed by atoms with Crippen molar-refractivity contribution >= 4 is 22.7 Å². The third-order valence-corrected chi connectivity index (χ3v) is 6.48. The summed E-state index contributed by atoms with van der Waals surface area (Å²) < 4.78 is 51.0. The first-order chi connectivity index (χ1) is 17.9. The predicted octanol–water partition coefficient (Wildman–Crippen LogP) is 4.31. The molecule has 38 heavy (non-hydrogen) atoms. The molecular weight excluding hydrogens is 503 g/mol. The summed E-state index contributed by atoms with van der Waals surface area (Å²) >= 11 is 0. The average Bonchev–Trinajstić information content (AvgIpc) is 3.32. The van der Waals surface area contributed by atoms with Gasteiger partial charge in [-0.15, -0.1) is 0 Å². The Morgan fingerprint density at radius 1 is 1.13 bits per heavy atom. The van der Waals surface area contributed by atoms with Gasteiger partial charge in [-0.25, -0.2) is 9.97 Å². The highest BCUT2D eigenvalue weighted by molar-refractivity contribution is 5.98. The highest BCUT2D eigenvalue weighted by Crippen LogP contribution is 2.37. The number of piperidine rings is 1. The Balaban J connectivity index is 1.66. The molecule has 1 fully saturated rings. The van der Waals surface area contributed by atoms with Crippen LogP contribution in [0.2, 0.25) is 0 Å². The largest absolute Gasteiger partial charge is 0.494 e. The molecule has 9 nitrogen and oxygen atoms in total. The van der Waals surface area contributed by atoms with Crippen molar-refractivity contribution < 1.29 is 31.9 Å². The Bertz CT molecular complexity index is 1340. The van der Waals surface area contributed by atoms with Gasteiger partial charge in [-0.05, 0) is 44.0 Å². The number of nitrogens with two attached hydrogens (primary N) is 1. The summed E-state index contributed by atoms with van der Waals surface area (Å²) in [6.07, 6.45) is -3.44. The van der Waals surface area contributed by atoms with Crippen LogP contribution < -0.4 is 15.8 Å². The van der Waals surface area contributed by atoms with Gasteiger partial charge >= 0.3 is 6.18 Å². The standard InChI is InChI=1S/C26H30F3N5O4/c1-13(2)23(35)31-15-9-11-34(12-10-15)25(36)21-22(14(3)30)38-24(33-21)17-5-7-18(37-4)20-16(17)6-8-19(32-20)26(27,28)29/h5-8,13-15H,9-12,30H2,1-4H3,(H,31,35)/t14-/m0/s1. The van der Waals surface area contributed by atoms with Gasteiger partial charge in [0.2, 0.25) is 11.8 Å². The number of nitrogens with one attached hydrogen (secondary N) is 1. The van der Waals surface area contributed by atoms with Crippen LogP contribution in [0.25, 0.3) is 22.4 Å². The minimum absolute atomic E-state index is 0.0150. The van der Waals surface area contributed by atoms with Gasteiger partial charge in [0, 0.05) is 36.0 Å². The summed E-state index contributed by atoms with van der Waals surface area (Å²) in [6.45, 7) is 6.13. The molecule has 0 saturated carbocycles. The van der Waals surface area contributed by atoms with Crippen molar-refractivity contribution in [2.45, 2.75) is 51.9 Å². The molecule has 2 aromatic heterocycles. The second-order valence-corrected chi connectivity index (χ2v) is 9.66. The Hall–Kier alpha value is -3.67. The Labute approximate surface area is 217 Å². The number of benzene rings is 1. The van der Waals surface area contributed by atoms with Crippen molar-refractivity contribution in [1.29, 1.82) is 0 Å². The van der Waals surface area contributed by atoms with Gasteiger partial charge in [0.15, 0.2) is 11.5 Å². The minimum Gasteiger partial charge on any atom is -0.494 e. The molecule has 4 rings (SSSR count). The summed E-state index contributed by atoms with van der Waals surface area (Å²) in [5.74, 6) is -0.161. The van der Waals surface area contributed by atoms with E-state index in [2.05, 4.69) is 15.3 Å². The number of carbonyl (C=O) groups is 2. The van der Waals surface area contributed by atoms with Gasteiger partial charge in [0.25, 0.3) is 5.91 Å². The number of hydrogen-bond acceptors (Lipinski definition) is 7. The van der Waals surface area contributed by atoms with Crippen molar-refractivity contribution in [2.75, 3.05) is 20.2 Å². The lowest BCUT2D eigenvalue weighted by atomic mass is 10.0. The number of rotatable bonds is 6.